The highest BCUT2D eigenvalue weighted by molar-refractivity contribution is 5.94. The molecule has 2 amide bonds. The van der Waals surface area contributed by atoms with Crippen LogP contribution in [0.4, 0.5) is 11.5 Å². The Morgan fingerprint density at radius 2 is 2.20 bits per heavy atom. The van der Waals surface area contributed by atoms with E-state index >= 15 is 0 Å². The van der Waals surface area contributed by atoms with Crippen LogP contribution in [-0.4, -0.2) is 44.9 Å². The first-order valence-electron chi connectivity index (χ1n) is 7.91. The van der Waals surface area contributed by atoms with Crippen LogP contribution < -0.4 is 5.32 Å². The number of amides is 2. The minimum Gasteiger partial charge on any atom is -0.333 e. The summed E-state index contributed by atoms with van der Waals surface area (Å²) in [5.41, 5.74) is 1.11. The van der Waals surface area contributed by atoms with Crippen LogP contribution in [0.1, 0.15) is 19.3 Å². The summed E-state index contributed by atoms with van der Waals surface area (Å²) in [5.74, 6) is -0.0379. The molecule has 0 atom stereocenters. The molecule has 1 saturated heterocycles. The van der Waals surface area contributed by atoms with Crippen molar-refractivity contribution >= 4 is 23.3 Å². The lowest BCUT2D eigenvalue weighted by atomic mass is 10.1. The number of carbonyl (C=O) groups excluding carboxylic acids is 2. The second-order valence-electron chi connectivity index (χ2n) is 5.79. The third-order valence-electron chi connectivity index (χ3n) is 3.97. The number of likely N-dealkylation sites (tertiary alicyclic amines) is 1. The summed E-state index contributed by atoms with van der Waals surface area (Å²) in [6.07, 6.45) is 2.24. The molecule has 0 saturated carbocycles. The maximum atomic E-state index is 12.1. The average Bonchev–Trinajstić information content (AvgIpc) is 3.05. The van der Waals surface area contributed by atoms with E-state index in [0.29, 0.717) is 30.0 Å². The van der Waals surface area contributed by atoms with Gasteiger partial charge in [-0.25, -0.2) is 0 Å². The summed E-state index contributed by atoms with van der Waals surface area (Å²) >= 11 is 0. The van der Waals surface area contributed by atoms with Crippen LogP contribution in [0.5, 0.6) is 0 Å². The van der Waals surface area contributed by atoms with Gasteiger partial charge in [0.25, 0.3) is 5.69 Å². The summed E-state index contributed by atoms with van der Waals surface area (Å²) in [6, 6.07) is 7.70. The molecule has 130 valence electrons. The second kappa shape index (κ2) is 7.12. The molecule has 1 aliphatic heterocycles. The van der Waals surface area contributed by atoms with Crippen molar-refractivity contribution in [1.29, 1.82) is 0 Å². The lowest BCUT2D eigenvalue weighted by Gasteiger charge is -2.25. The monoisotopic (exact) mass is 343 g/mol. The van der Waals surface area contributed by atoms with E-state index in [9.17, 15) is 19.7 Å². The van der Waals surface area contributed by atoms with Gasteiger partial charge < -0.3 is 10.2 Å². The molecular weight excluding hydrogens is 326 g/mol. The van der Waals surface area contributed by atoms with E-state index in [4.69, 9.17) is 0 Å². The van der Waals surface area contributed by atoms with Gasteiger partial charge in [-0.05, 0) is 12.8 Å². The molecule has 0 aliphatic carbocycles. The molecule has 1 aliphatic rings. The van der Waals surface area contributed by atoms with E-state index in [1.54, 1.807) is 18.2 Å². The average molecular weight is 343 g/mol. The van der Waals surface area contributed by atoms with E-state index in [1.807, 2.05) is 0 Å². The molecule has 9 nitrogen and oxygen atoms in total. The number of nitro groups is 1. The number of H-pyrrole nitrogens is 1. The number of non-ortho nitro benzene ring substituents is 1. The Balaban J connectivity index is 1.65. The summed E-state index contributed by atoms with van der Waals surface area (Å²) in [5, 5.41) is 20.2. The van der Waals surface area contributed by atoms with Gasteiger partial charge in [0.1, 0.15) is 0 Å². The molecule has 25 heavy (non-hydrogen) atoms. The Labute approximate surface area is 143 Å². The van der Waals surface area contributed by atoms with Gasteiger partial charge >= 0.3 is 0 Å². The van der Waals surface area contributed by atoms with Crippen LogP contribution in [0.15, 0.2) is 30.3 Å². The lowest BCUT2D eigenvalue weighted by molar-refractivity contribution is -0.384. The van der Waals surface area contributed by atoms with Gasteiger partial charge in [0.05, 0.1) is 17.2 Å². The fraction of sp³-hybridized carbons (Fsp3) is 0.312. The number of aromatic amines is 1. The SMILES string of the molecule is O=C(CN1CCCCC1=O)Nc1cc(-c2cccc([N+](=O)[O-])c2)[nH]n1. The molecule has 2 N–H and O–H groups in total. The van der Waals surface area contributed by atoms with E-state index in [0.717, 1.165) is 12.8 Å². The zero-order chi connectivity index (χ0) is 17.8. The van der Waals surface area contributed by atoms with Crippen LogP contribution in [0.3, 0.4) is 0 Å². The number of hydrogen-bond donors (Lipinski definition) is 2. The number of piperidine rings is 1. The molecule has 9 heteroatoms. The van der Waals surface area contributed by atoms with Crippen molar-refractivity contribution in [3.63, 3.8) is 0 Å². The number of nitro benzene ring substituents is 1. The maximum Gasteiger partial charge on any atom is 0.270 e. The van der Waals surface area contributed by atoms with Gasteiger partial charge in [-0.1, -0.05) is 12.1 Å². The summed E-state index contributed by atoms with van der Waals surface area (Å²) in [7, 11) is 0. The number of nitrogens with zero attached hydrogens (tertiary/aromatic N) is 3. The molecule has 1 fully saturated rings. The molecule has 1 aromatic heterocycles. The van der Waals surface area contributed by atoms with Crippen LogP contribution >= 0.6 is 0 Å². The Morgan fingerprint density at radius 3 is 2.96 bits per heavy atom. The molecule has 2 heterocycles. The lowest BCUT2D eigenvalue weighted by Crippen LogP contribution is -2.40. The van der Waals surface area contributed by atoms with Gasteiger partial charge in [0.15, 0.2) is 5.82 Å². The molecule has 0 bridgehead atoms. The molecule has 3 rings (SSSR count). The second-order valence-corrected chi connectivity index (χ2v) is 5.79. The predicted octanol–water partition coefficient (Wildman–Crippen LogP) is 1.94. The van der Waals surface area contributed by atoms with Crippen molar-refractivity contribution in [3.05, 3.63) is 40.4 Å². The van der Waals surface area contributed by atoms with Crippen LogP contribution in [0.25, 0.3) is 11.3 Å². The number of aromatic nitrogens is 2. The Kier molecular flexibility index (Phi) is 4.73. The predicted molar refractivity (Wildman–Crippen MR) is 89.7 cm³/mol. The zero-order valence-electron chi connectivity index (χ0n) is 13.4. The molecule has 0 unspecified atom stereocenters. The summed E-state index contributed by atoms with van der Waals surface area (Å²) < 4.78 is 0. The highest BCUT2D eigenvalue weighted by atomic mass is 16.6. The summed E-state index contributed by atoms with van der Waals surface area (Å²) in [4.78, 5) is 35.7. The first kappa shape index (κ1) is 16.6. The number of nitrogens with one attached hydrogen (secondary N) is 2. The van der Waals surface area contributed by atoms with Crippen LogP contribution in [0.2, 0.25) is 0 Å². The topological polar surface area (TPSA) is 121 Å². The van der Waals surface area contributed by atoms with Gasteiger partial charge in [-0.2, -0.15) is 5.10 Å². The van der Waals surface area contributed by atoms with Crippen LogP contribution in [0, 0.1) is 10.1 Å². The van der Waals surface area contributed by atoms with Crippen molar-refractivity contribution in [1.82, 2.24) is 15.1 Å². The highest BCUT2D eigenvalue weighted by Crippen LogP contribution is 2.23. The minimum absolute atomic E-state index is 0.00215. The Hall–Kier alpha value is -3.23. The first-order valence-corrected chi connectivity index (χ1v) is 7.91. The maximum absolute atomic E-state index is 12.1. The first-order chi connectivity index (χ1) is 12.0. The van der Waals surface area contributed by atoms with E-state index in [1.165, 1.54) is 17.0 Å². The number of anilines is 1. The normalized spacial score (nSPS) is 14.4. The van der Waals surface area contributed by atoms with E-state index < -0.39 is 4.92 Å². The number of benzene rings is 1. The number of hydrogen-bond acceptors (Lipinski definition) is 5. The van der Waals surface area contributed by atoms with Crippen molar-refractivity contribution in [2.75, 3.05) is 18.4 Å². The third-order valence-corrected chi connectivity index (χ3v) is 3.97. The molecule has 0 spiro atoms. The van der Waals surface area contributed by atoms with Gasteiger partial charge in [0, 0.05) is 36.7 Å². The van der Waals surface area contributed by atoms with Crippen LogP contribution in [-0.2, 0) is 9.59 Å². The number of carbonyl (C=O) groups is 2. The smallest absolute Gasteiger partial charge is 0.270 e. The highest BCUT2D eigenvalue weighted by Gasteiger charge is 2.20. The quantitative estimate of drug-likeness (QED) is 0.634. The molecule has 2 aromatic rings. The molecular formula is C16H17N5O4. The molecule has 0 radical (unpaired) electrons. The Bertz CT molecular complexity index is 816. The largest absolute Gasteiger partial charge is 0.333 e. The third kappa shape index (κ3) is 4.00. The van der Waals surface area contributed by atoms with Crippen molar-refractivity contribution < 1.29 is 14.5 Å². The van der Waals surface area contributed by atoms with E-state index in [2.05, 4.69) is 15.5 Å². The number of rotatable bonds is 5. The Morgan fingerprint density at radius 1 is 1.36 bits per heavy atom. The van der Waals surface area contributed by atoms with Gasteiger partial charge in [-0.3, -0.25) is 24.8 Å². The minimum atomic E-state index is -0.474. The van der Waals surface area contributed by atoms with Crippen molar-refractivity contribution in [2.45, 2.75) is 19.3 Å². The zero-order valence-corrected chi connectivity index (χ0v) is 13.4. The van der Waals surface area contributed by atoms with Gasteiger partial charge in [-0.15, -0.1) is 0 Å². The molecule has 1 aromatic carbocycles. The van der Waals surface area contributed by atoms with Gasteiger partial charge in [0.2, 0.25) is 11.8 Å². The van der Waals surface area contributed by atoms with E-state index in [-0.39, 0.29) is 24.0 Å². The fourth-order valence-corrected chi connectivity index (χ4v) is 2.71. The van der Waals surface area contributed by atoms with Crippen molar-refractivity contribution in [2.24, 2.45) is 0 Å². The summed E-state index contributed by atoms with van der Waals surface area (Å²) in [6.45, 7) is 0.587. The van der Waals surface area contributed by atoms with Crippen molar-refractivity contribution in [3.8, 4) is 11.3 Å². The standard InChI is InChI=1S/C16H17N5O4/c22-15(10-20-7-2-1-6-16(20)23)17-14-9-13(18-19-14)11-4-3-5-12(8-11)21(24)25/h3-5,8-9H,1-2,6-7,10H2,(H2,17,18,19,22). The fourth-order valence-electron chi connectivity index (χ4n) is 2.71.